The van der Waals surface area contributed by atoms with Crippen LogP contribution in [0.4, 0.5) is 18.9 Å². The minimum absolute atomic E-state index is 0.164. The standard InChI is InChI=1S/C21H20F3N3O3S/c1-11-16(19(28)26-14-9-5-4-8-13(14)21(22,23)24)17(27-20(31)25-11)12-7-6-10-15(29-2)18(12)30-3/h4-10,17H,1-3H3,(H,26,28)(H2,25,27,31)/t17-/m1/s1. The third-order valence-corrected chi connectivity index (χ3v) is 4.96. The van der Waals surface area contributed by atoms with Crippen molar-refractivity contribution in [2.75, 3.05) is 19.5 Å². The molecule has 1 heterocycles. The fourth-order valence-electron chi connectivity index (χ4n) is 3.40. The molecule has 1 aliphatic heterocycles. The number of halogens is 3. The number of amides is 1. The molecule has 3 N–H and O–H groups in total. The molecule has 0 bridgehead atoms. The highest BCUT2D eigenvalue weighted by molar-refractivity contribution is 7.80. The number of nitrogens with one attached hydrogen (secondary N) is 3. The molecule has 0 saturated carbocycles. The molecule has 0 radical (unpaired) electrons. The molecule has 0 fully saturated rings. The molecule has 2 aromatic rings. The van der Waals surface area contributed by atoms with E-state index in [2.05, 4.69) is 16.0 Å². The third kappa shape index (κ3) is 4.58. The van der Waals surface area contributed by atoms with Gasteiger partial charge in [0.1, 0.15) is 0 Å². The summed E-state index contributed by atoms with van der Waals surface area (Å²) in [6.07, 6.45) is -4.62. The van der Waals surface area contributed by atoms with Gasteiger partial charge >= 0.3 is 6.18 Å². The Morgan fingerprint density at radius 3 is 2.45 bits per heavy atom. The Morgan fingerprint density at radius 1 is 1.10 bits per heavy atom. The van der Waals surface area contributed by atoms with Crippen LogP contribution < -0.4 is 25.4 Å². The van der Waals surface area contributed by atoms with Crippen LogP contribution in [-0.4, -0.2) is 25.2 Å². The predicted octanol–water partition coefficient (Wildman–Crippen LogP) is 4.15. The molecule has 6 nitrogen and oxygen atoms in total. The van der Waals surface area contributed by atoms with Gasteiger partial charge in [0.05, 0.1) is 37.1 Å². The first-order valence-corrected chi connectivity index (χ1v) is 9.55. The number of benzene rings is 2. The first kappa shape index (κ1) is 22.4. The van der Waals surface area contributed by atoms with Crippen LogP contribution in [0.15, 0.2) is 53.7 Å². The lowest BCUT2D eigenvalue weighted by atomic mass is 9.93. The lowest BCUT2D eigenvalue weighted by Crippen LogP contribution is -2.46. The number of hydrogen-bond donors (Lipinski definition) is 3. The first-order valence-electron chi connectivity index (χ1n) is 9.14. The Hall–Kier alpha value is -3.27. The largest absolute Gasteiger partial charge is 0.493 e. The molecule has 10 heteroatoms. The van der Waals surface area contributed by atoms with Crippen molar-refractivity contribution in [2.24, 2.45) is 0 Å². The minimum Gasteiger partial charge on any atom is -0.493 e. The number of anilines is 1. The number of rotatable bonds is 5. The number of hydrogen-bond acceptors (Lipinski definition) is 4. The zero-order chi connectivity index (χ0) is 22.8. The van der Waals surface area contributed by atoms with Crippen LogP contribution in [0.3, 0.4) is 0 Å². The topological polar surface area (TPSA) is 71.6 Å². The SMILES string of the molecule is COc1cccc([C@H]2NC(=S)NC(C)=C2C(=O)Nc2ccccc2C(F)(F)F)c1OC. The number of carbonyl (C=O) groups is 1. The Balaban J connectivity index is 2.06. The summed E-state index contributed by atoms with van der Waals surface area (Å²) in [5.74, 6) is 0.0960. The van der Waals surface area contributed by atoms with E-state index >= 15 is 0 Å². The molecule has 0 aromatic heterocycles. The van der Waals surface area contributed by atoms with Gasteiger partial charge in [0, 0.05) is 11.3 Å². The maximum Gasteiger partial charge on any atom is 0.418 e. The molecule has 0 spiro atoms. The molecule has 1 amide bonds. The maximum atomic E-state index is 13.4. The van der Waals surface area contributed by atoms with Gasteiger partial charge in [-0.15, -0.1) is 0 Å². The molecule has 1 atom stereocenters. The van der Waals surface area contributed by atoms with E-state index in [1.165, 1.54) is 32.4 Å². The molecule has 164 valence electrons. The molecule has 0 saturated heterocycles. The highest BCUT2D eigenvalue weighted by Crippen LogP contribution is 2.40. The van der Waals surface area contributed by atoms with Gasteiger partial charge in [0.2, 0.25) is 0 Å². The maximum absolute atomic E-state index is 13.4. The highest BCUT2D eigenvalue weighted by atomic mass is 32.1. The van der Waals surface area contributed by atoms with Crippen molar-refractivity contribution in [1.29, 1.82) is 0 Å². The van der Waals surface area contributed by atoms with E-state index in [-0.39, 0.29) is 16.4 Å². The number of para-hydroxylation sites is 2. The Kier molecular flexibility index (Phi) is 6.40. The monoisotopic (exact) mass is 451 g/mol. The van der Waals surface area contributed by atoms with E-state index in [0.717, 1.165) is 6.07 Å². The van der Waals surface area contributed by atoms with E-state index in [1.54, 1.807) is 25.1 Å². The van der Waals surface area contributed by atoms with Crippen LogP contribution in [0.25, 0.3) is 0 Å². The lowest BCUT2D eigenvalue weighted by Gasteiger charge is -2.31. The molecular formula is C21H20F3N3O3S. The lowest BCUT2D eigenvalue weighted by molar-refractivity contribution is -0.137. The smallest absolute Gasteiger partial charge is 0.418 e. The quantitative estimate of drug-likeness (QED) is 0.594. The zero-order valence-electron chi connectivity index (χ0n) is 16.9. The predicted molar refractivity (Wildman–Crippen MR) is 114 cm³/mol. The van der Waals surface area contributed by atoms with Gasteiger partial charge in [0.15, 0.2) is 16.6 Å². The van der Waals surface area contributed by atoms with Crippen molar-refractivity contribution in [1.82, 2.24) is 10.6 Å². The van der Waals surface area contributed by atoms with Crippen LogP contribution >= 0.6 is 12.2 Å². The third-order valence-electron chi connectivity index (χ3n) is 4.74. The summed E-state index contributed by atoms with van der Waals surface area (Å²) < 4.78 is 50.9. The van der Waals surface area contributed by atoms with Gasteiger partial charge in [0.25, 0.3) is 5.91 Å². The normalized spacial score (nSPS) is 16.3. The summed E-state index contributed by atoms with van der Waals surface area (Å²) in [7, 11) is 2.93. The van der Waals surface area contributed by atoms with E-state index in [9.17, 15) is 18.0 Å². The van der Waals surface area contributed by atoms with Gasteiger partial charge < -0.3 is 25.4 Å². The van der Waals surface area contributed by atoms with E-state index < -0.39 is 23.7 Å². The molecule has 0 aliphatic carbocycles. The number of alkyl halides is 3. The highest BCUT2D eigenvalue weighted by Gasteiger charge is 2.36. The van der Waals surface area contributed by atoms with Crippen LogP contribution in [0, 0.1) is 0 Å². The van der Waals surface area contributed by atoms with Gasteiger partial charge in [-0.05, 0) is 37.3 Å². The van der Waals surface area contributed by atoms with Crippen LogP contribution in [0.5, 0.6) is 11.5 Å². The number of ether oxygens (including phenoxy) is 2. The molecular weight excluding hydrogens is 431 g/mol. The Bertz CT molecular complexity index is 1050. The Morgan fingerprint density at radius 2 is 1.81 bits per heavy atom. The van der Waals surface area contributed by atoms with Gasteiger partial charge in [-0.3, -0.25) is 4.79 Å². The fourth-order valence-corrected chi connectivity index (χ4v) is 3.67. The van der Waals surface area contributed by atoms with E-state index in [4.69, 9.17) is 21.7 Å². The van der Waals surface area contributed by atoms with Gasteiger partial charge in [-0.2, -0.15) is 13.2 Å². The summed E-state index contributed by atoms with van der Waals surface area (Å²) in [6.45, 7) is 1.62. The van der Waals surface area contributed by atoms with Crippen molar-refractivity contribution < 1.29 is 27.4 Å². The second-order valence-corrected chi connectivity index (χ2v) is 7.06. The number of carbonyl (C=O) groups excluding carboxylic acids is 1. The molecule has 0 unspecified atom stereocenters. The number of allylic oxidation sites excluding steroid dienone is 1. The number of thiocarbonyl (C=S) groups is 1. The summed E-state index contributed by atoms with van der Waals surface area (Å²) in [4.78, 5) is 13.2. The summed E-state index contributed by atoms with van der Waals surface area (Å²) in [6, 6.07) is 9.13. The van der Waals surface area contributed by atoms with Crippen molar-refractivity contribution in [3.05, 3.63) is 64.9 Å². The van der Waals surface area contributed by atoms with Crippen molar-refractivity contribution in [3.8, 4) is 11.5 Å². The molecule has 1 aliphatic rings. The van der Waals surface area contributed by atoms with Crippen molar-refractivity contribution in [3.63, 3.8) is 0 Å². The summed E-state index contributed by atoms with van der Waals surface area (Å²) >= 11 is 5.23. The van der Waals surface area contributed by atoms with E-state index in [1.807, 2.05) is 0 Å². The molecule has 31 heavy (non-hydrogen) atoms. The average Bonchev–Trinajstić information content (AvgIpc) is 2.71. The number of methoxy groups -OCH3 is 2. The van der Waals surface area contributed by atoms with E-state index in [0.29, 0.717) is 22.8 Å². The summed E-state index contributed by atoms with van der Waals surface area (Å²) in [5, 5.41) is 8.50. The minimum atomic E-state index is -4.62. The van der Waals surface area contributed by atoms with Gasteiger partial charge in [-0.1, -0.05) is 24.3 Å². The summed E-state index contributed by atoms with van der Waals surface area (Å²) in [5.41, 5.74) is -0.175. The zero-order valence-corrected chi connectivity index (χ0v) is 17.7. The van der Waals surface area contributed by atoms with Crippen LogP contribution in [-0.2, 0) is 11.0 Å². The Labute approximate surface area is 182 Å². The van der Waals surface area contributed by atoms with Gasteiger partial charge in [-0.25, -0.2) is 0 Å². The molecule has 3 rings (SSSR count). The van der Waals surface area contributed by atoms with Crippen molar-refractivity contribution in [2.45, 2.75) is 19.1 Å². The van der Waals surface area contributed by atoms with Crippen molar-refractivity contribution >= 4 is 28.9 Å². The second kappa shape index (κ2) is 8.84. The second-order valence-electron chi connectivity index (χ2n) is 6.65. The molecule has 2 aromatic carbocycles. The fraction of sp³-hybridized carbons (Fsp3) is 0.238. The van der Waals surface area contributed by atoms with Crippen LogP contribution in [0.1, 0.15) is 24.1 Å². The van der Waals surface area contributed by atoms with Crippen LogP contribution in [0.2, 0.25) is 0 Å². The first-order chi connectivity index (χ1) is 14.7. The average molecular weight is 451 g/mol.